The smallest absolute Gasteiger partial charge is 0.258 e. The van der Waals surface area contributed by atoms with Crippen LogP contribution < -0.4 is 0 Å². The lowest BCUT2D eigenvalue weighted by atomic mass is 10.2. The second-order valence-electron chi connectivity index (χ2n) is 2.87. The fourth-order valence-corrected chi connectivity index (χ4v) is 2.32. The number of halogens is 4. The number of nitro groups is 1. The molecule has 0 spiro atoms. The molecule has 1 rings (SSSR count). The Morgan fingerprint density at radius 2 is 2.00 bits per heavy atom. The average molecular weight is 316 g/mol. The van der Waals surface area contributed by atoms with E-state index in [9.17, 15) is 23.3 Å². The Morgan fingerprint density at radius 1 is 1.44 bits per heavy atom. The summed E-state index contributed by atoms with van der Waals surface area (Å²) in [5, 5.41) is 10.6. The maximum absolute atomic E-state index is 12.1. The van der Waals surface area contributed by atoms with Gasteiger partial charge in [-0.1, -0.05) is 0 Å². The van der Waals surface area contributed by atoms with E-state index in [1.807, 2.05) is 0 Å². The van der Waals surface area contributed by atoms with Crippen LogP contribution in [0, 0.1) is 17.0 Å². The molecule has 1 aromatic carbocycles. The standard InChI is InChI=1S/C8H5BrF3NO2S/c1-4-2-5(9)7(16-8(10,11)12)3-6(4)13(14)15/h2-3H,1H3. The van der Waals surface area contributed by atoms with Crippen molar-refractivity contribution in [2.45, 2.75) is 17.3 Å². The van der Waals surface area contributed by atoms with E-state index >= 15 is 0 Å². The molecule has 0 aliphatic heterocycles. The second kappa shape index (κ2) is 4.62. The van der Waals surface area contributed by atoms with Gasteiger partial charge < -0.3 is 0 Å². The highest BCUT2D eigenvalue weighted by molar-refractivity contribution is 9.10. The molecule has 0 unspecified atom stereocenters. The lowest BCUT2D eigenvalue weighted by molar-refractivity contribution is -0.385. The van der Waals surface area contributed by atoms with E-state index in [-0.39, 0.29) is 26.8 Å². The first-order chi connectivity index (χ1) is 7.20. The molecule has 0 N–H and O–H groups in total. The SMILES string of the molecule is Cc1cc(Br)c(SC(F)(F)F)cc1[N+](=O)[O-]. The maximum atomic E-state index is 12.1. The van der Waals surface area contributed by atoms with Gasteiger partial charge in [-0.3, -0.25) is 10.1 Å². The molecule has 0 aliphatic carbocycles. The largest absolute Gasteiger partial charge is 0.446 e. The molecule has 0 atom stereocenters. The van der Waals surface area contributed by atoms with Gasteiger partial charge in [0, 0.05) is 21.0 Å². The third-order valence-electron chi connectivity index (χ3n) is 1.67. The summed E-state index contributed by atoms with van der Waals surface area (Å²) in [6.07, 6.45) is 0. The van der Waals surface area contributed by atoms with Crippen molar-refractivity contribution in [3.8, 4) is 0 Å². The van der Waals surface area contributed by atoms with Crippen LogP contribution in [0.4, 0.5) is 18.9 Å². The van der Waals surface area contributed by atoms with Crippen LogP contribution in [0.15, 0.2) is 21.5 Å². The Labute approximate surface area is 101 Å². The minimum atomic E-state index is -4.47. The Kier molecular flexibility index (Phi) is 3.84. The molecule has 88 valence electrons. The van der Waals surface area contributed by atoms with Crippen molar-refractivity contribution < 1.29 is 18.1 Å². The molecule has 0 aromatic heterocycles. The van der Waals surface area contributed by atoms with Crippen molar-refractivity contribution in [3.05, 3.63) is 32.3 Å². The van der Waals surface area contributed by atoms with E-state index in [2.05, 4.69) is 15.9 Å². The maximum Gasteiger partial charge on any atom is 0.446 e. The van der Waals surface area contributed by atoms with Crippen molar-refractivity contribution in [2.75, 3.05) is 0 Å². The minimum Gasteiger partial charge on any atom is -0.258 e. The van der Waals surface area contributed by atoms with Crippen molar-refractivity contribution in [2.24, 2.45) is 0 Å². The van der Waals surface area contributed by atoms with Gasteiger partial charge in [-0.15, -0.1) is 0 Å². The van der Waals surface area contributed by atoms with Gasteiger partial charge in [0.25, 0.3) is 5.69 Å². The van der Waals surface area contributed by atoms with Crippen LogP contribution >= 0.6 is 27.7 Å². The first kappa shape index (κ1) is 13.3. The zero-order valence-electron chi connectivity index (χ0n) is 7.84. The minimum absolute atomic E-state index is 0.193. The van der Waals surface area contributed by atoms with Crippen LogP contribution in [0.3, 0.4) is 0 Å². The quantitative estimate of drug-likeness (QED) is 0.465. The molecule has 0 heterocycles. The van der Waals surface area contributed by atoms with Gasteiger partial charge in [-0.25, -0.2) is 0 Å². The number of benzene rings is 1. The number of rotatable bonds is 2. The summed E-state index contributed by atoms with van der Waals surface area (Å²) in [5.41, 5.74) is -4.48. The van der Waals surface area contributed by atoms with Gasteiger partial charge in [-0.05, 0) is 40.7 Å². The predicted octanol–water partition coefficient (Wildman–Crippen LogP) is 4.28. The van der Waals surface area contributed by atoms with Crippen molar-refractivity contribution in [3.63, 3.8) is 0 Å². The number of aryl methyl sites for hydroxylation is 1. The molecule has 16 heavy (non-hydrogen) atoms. The highest BCUT2D eigenvalue weighted by Crippen LogP contribution is 2.42. The topological polar surface area (TPSA) is 43.1 Å². The number of nitro benzene ring substituents is 1. The first-order valence-corrected chi connectivity index (χ1v) is 5.52. The van der Waals surface area contributed by atoms with Crippen LogP contribution in [0.1, 0.15) is 5.56 Å². The van der Waals surface area contributed by atoms with Gasteiger partial charge in [0.15, 0.2) is 0 Å². The molecule has 0 saturated heterocycles. The molecule has 0 aliphatic rings. The first-order valence-electron chi connectivity index (χ1n) is 3.91. The van der Waals surface area contributed by atoms with Crippen LogP contribution in [-0.2, 0) is 0 Å². The molecule has 0 amide bonds. The van der Waals surface area contributed by atoms with Gasteiger partial charge >= 0.3 is 5.51 Å². The molecule has 0 fully saturated rings. The average Bonchev–Trinajstić information content (AvgIpc) is 2.07. The molecule has 1 aromatic rings. The van der Waals surface area contributed by atoms with Crippen molar-refractivity contribution in [1.82, 2.24) is 0 Å². The molecular formula is C8H5BrF3NO2S. The molecule has 0 radical (unpaired) electrons. The second-order valence-corrected chi connectivity index (χ2v) is 4.84. The molecule has 0 saturated carbocycles. The summed E-state index contributed by atoms with van der Waals surface area (Å²) in [6, 6.07) is 2.21. The molecular weight excluding hydrogens is 311 g/mol. The number of thioether (sulfide) groups is 1. The Bertz CT molecular complexity index is 436. The van der Waals surface area contributed by atoms with Gasteiger partial charge in [0.1, 0.15) is 0 Å². The third kappa shape index (κ3) is 3.38. The molecule has 0 bridgehead atoms. The van der Waals surface area contributed by atoms with E-state index in [1.54, 1.807) is 0 Å². The Hall–Kier alpha value is -0.760. The summed E-state index contributed by atoms with van der Waals surface area (Å²) in [7, 11) is 0. The third-order valence-corrected chi connectivity index (χ3v) is 3.38. The lowest BCUT2D eigenvalue weighted by Crippen LogP contribution is -2.00. The van der Waals surface area contributed by atoms with Gasteiger partial charge in [0.05, 0.1) is 4.92 Å². The summed E-state index contributed by atoms with van der Waals surface area (Å²) >= 11 is 2.56. The number of alkyl halides is 3. The van der Waals surface area contributed by atoms with Crippen molar-refractivity contribution >= 4 is 33.4 Å². The van der Waals surface area contributed by atoms with Gasteiger partial charge in [-0.2, -0.15) is 13.2 Å². The molecule has 8 heteroatoms. The highest BCUT2D eigenvalue weighted by Gasteiger charge is 2.31. The zero-order chi connectivity index (χ0) is 12.5. The summed E-state index contributed by atoms with van der Waals surface area (Å²) < 4.78 is 36.6. The van der Waals surface area contributed by atoms with E-state index in [0.29, 0.717) is 5.56 Å². The fraction of sp³-hybridized carbons (Fsp3) is 0.250. The van der Waals surface area contributed by atoms with E-state index in [1.165, 1.54) is 13.0 Å². The highest BCUT2D eigenvalue weighted by atomic mass is 79.9. The summed E-state index contributed by atoms with van der Waals surface area (Å²) in [6.45, 7) is 1.46. The van der Waals surface area contributed by atoms with E-state index in [0.717, 1.165) is 6.07 Å². The number of hydrogen-bond donors (Lipinski definition) is 0. The zero-order valence-corrected chi connectivity index (χ0v) is 10.2. The fourth-order valence-electron chi connectivity index (χ4n) is 1.04. The van der Waals surface area contributed by atoms with Crippen molar-refractivity contribution in [1.29, 1.82) is 0 Å². The number of hydrogen-bond acceptors (Lipinski definition) is 3. The lowest BCUT2D eigenvalue weighted by Gasteiger charge is -2.08. The monoisotopic (exact) mass is 315 g/mol. The number of nitrogens with zero attached hydrogens (tertiary/aromatic N) is 1. The van der Waals surface area contributed by atoms with Crippen LogP contribution in [0.2, 0.25) is 0 Å². The normalized spacial score (nSPS) is 11.6. The van der Waals surface area contributed by atoms with Gasteiger partial charge in [0.2, 0.25) is 0 Å². The van der Waals surface area contributed by atoms with E-state index in [4.69, 9.17) is 0 Å². The van der Waals surface area contributed by atoms with E-state index < -0.39 is 10.4 Å². The summed E-state index contributed by atoms with van der Waals surface area (Å²) in [5.74, 6) is 0. The van der Waals surface area contributed by atoms with Crippen LogP contribution in [0.5, 0.6) is 0 Å². The molecule has 3 nitrogen and oxygen atoms in total. The Morgan fingerprint density at radius 3 is 2.44 bits per heavy atom. The van der Waals surface area contributed by atoms with Crippen LogP contribution in [0.25, 0.3) is 0 Å². The van der Waals surface area contributed by atoms with Crippen LogP contribution in [-0.4, -0.2) is 10.4 Å². The summed E-state index contributed by atoms with van der Waals surface area (Å²) in [4.78, 5) is 9.63. The predicted molar refractivity (Wildman–Crippen MR) is 57.4 cm³/mol. The Balaban J connectivity index is 3.20.